The number of ether oxygens (including phenoxy) is 2. The van der Waals surface area contributed by atoms with E-state index in [1.807, 2.05) is 0 Å². The number of amides is 1. The smallest absolute Gasteiger partial charge is 0.246 e. The maximum absolute atomic E-state index is 11.6. The first-order valence-electron chi connectivity index (χ1n) is 6.71. The molecule has 1 rings (SSSR count). The van der Waals surface area contributed by atoms with Crippen molar-refractivity contribution in [2.75, 3.05) is 33.4 Å². The van der Waals surface area contributed by atoms with Crippen LogP contribution in [-0.2, 0) is 14.3 Å². The van der Waals surface area contributed by atoms with Gasteiger partial charge in [-0.25, -0.2) is 0 Å². The Bertz CT molecular complexity index is 261. The molecule has 1 fully saturated rings. The van der Waals surface area contributed by atoms with Crippen LogP contribution in [-0.4, -0.2) is 44.9 Å². The minimum atomic E-state index is -0.275. The highest BCUT2D eigenvalue weighted by Crippen LogP contribution is 2.36. The molecule has 2 atom stereocenters. The second-order valence-corrected chi connectivity index (χ2v) is 5.22. The Hall–Kier alpha value is -0.650. The summed E-state index contributed by atoms with van der Waals surface area (Å²) in [5, 5.41) is 2.81. The van der Waals surface area contributed by atoms with Crippen LogP contribution in [0, 0.1) is 5.92 Å². The zero-order chi connectivity index (χ0) is 13.4. The van der Waals surface area contributed by atoms with Gasteiger partial charge in [0, 0.05) is 26.8 Å². The van der Waals surface area contributed by atoms with Crippen molar-refractivity contribution in [2.45, 2.75) is 38.2 Å². The van der Waals surface area contributed by atoms with E-state index in [9.17, 15) is 4.79 Å². The quantitative estimate of drug-likeness (QED) is 0.628. The molecule has 5 heteroatoms. The van der Waals surface area contributed by atoms with Gasteiger partial charge in [0.1, 0.15) is 6.61 Å². The molecule has 18 heavy (non-hydrogen) atoms. The molecule has 0 aromatic heterocycles. The topological polar surface area (TPSA) is 73.6 Å². The maximum Gasteiger partial charge on any atom is 0.246 e. The first-order chi connectivity index (χ1) is 8.62. The van der Waals surface area contributed by atoms with Crippen LogP contribution in [0.5, 0.6) is 0 Å². The number of hydrogen-bond donors (Lipinski definition) is 2. The van der Waals surface area contributed by atoms with Crippen LogP contribution in [0.25, 0.3) is 0 Å². The van der Waals surface area contributed by atoms with Crippen LogP contribution in [0.2, 0.25) is 0 Å². The minimum Gasteiger partial charge on any atom is -0.385 e. The van der Waals surface area contributed by atoms with Crippen LogP contribution in [0.4, 0.5) is 0 Å². The van der Waals surface area contributed by atoms with Crippen LogP contribution in [0.15, 0.2) is 0 Å². The van der Waals surface area contributed by atoms with E-state index in [2.05, 4.69) is 12.2 Å². The van der Waals surface area contributed by atoms with E-state index in [0.717, 1.165) is 25.7 Å². The van der Waals surface area contributed by atoms with Gasteiger partial charge in [-0.15, -0.1) is 0 Å². The van der Waals surface area contributed by atoms with Gasteiger partial charge in [-0.2, -0.15) is 0 Å². The Morgan fingerprint density at radius 3 is 2.89 bits per heavy atom. The van der Waals surface area contributed by atoms with Gasteiger partial charge in [-0.05, 0) is 31.6 Å². The fraction of sp³-hybridized carbons (Fsp3) is 0.923. The molecule has 0 aliphatic heterocycles. The molecule has 3 N–H and O–H groups in total. The van der Waals surface area contributed by atoms with Gasteiger partial charge >= 0.3 is 0 Å². The monoisotopic (exact) mass is 258 g/mol. The number of methoxy groups -OCH3 is 1. The molecular formula is C13H26N2O3. The van der Waals surface area contributed by atoms with E-state index in [-0.39, 0.29) is 18.1 Å². The molecule has 0 bridgehead atoms. The van der Waals surface area contributed by atoms with Gasteiger partial charge in [0.15, 0.2) is 0 Å². The molecule has 1 saturated carbocycles. The number of nitrogens with one attached hydrogen (secondary N) is 1. The van der Waals surface area contributed by atoms with Crippen molar-refractivity contribution < 1.29 is 14.3 Å². The average Bonchev–Trinajstić information content (AvgIpc) is 2.75. The Kier molecular flexibility index (Phi) is 6.60. The second kappa shape index (κ2) is 7.71. The van der Waals surface area contributed by atoms with E-state index < -0.39 is 0 Å². The fourth-order valence-corrected chi connectivity index (χ4v) is 2.44. The standard InChI is InChI=1S/C13H26N2O3/c1-11-4-5-13(8-11,10-14)18-9-12(16)15-6-3-7-17-2/h11H,3-10,14H2,1-2H3,(H,15,16). The molecule has 1 amide bonds. The lowest BCUT2D eigenvalue weighted by Gasteiger charge is -2.27. The van der Waals surface area contributed by atoms with E-state index in [1.54, 1.807) is 7.11 Å². The highest BCUT2D eigenvalue weighted by molar-refractivity contribution is 5.77. The van der Waals surface area contributed by atoms with Crippen LogP contribution in [0.1, 0.15) is 32.6 Å². The normalized spacial score (nSPS) is 27.4. The lowest BCUT2D eigenvalue weighted by Crippen LogP contribution is -2.41. The van der Waals surface area contributed by atoms with Crippen molar-refractivity contribution in [1.29, 1.82) is 0 Å². The average molecular weight is 258 g/mol. The Labute approximate surface area is 109 Å². The summed E-state index contributed by atoms with van der Waals surface area (Å²) in [6.07, 6.45) is 3.87. The van der Waals surface area contributed by atoms with Crippen molar-refractivity contribution in [1.82, 2.24) is 5.32 Å². The molecule has 0 aromatic carbocycles. The molecule has 0 saturated heterocycles. The third-order valence-corrected chi connectivity index (χ3v) is 3.54. The predicted molar refractivity (Wildman–Crippen MR) is 70.3 cm³/mol. The summed E-state index contributed by atoms with van der Waals surface area (Å²) >= 11 is 0. The van der Waals surface area contributed by atoms with Crippen molar-refractivity contribution in [2.24, 2.45) is 11.7 Å². The van der Waals surface area contributed by atoms with Gasteiger partial charge in [-0.3, -0.25) is 4.79 Å². The summed E-state index contributed by atoms with van der Waals surface area (Å²) in [5.41, 5.74) is 5.51. The Balaban J connectivity index is 2.20. The molecule has 0 heterocycles. The molecule has 0 aromatic rings. The summed E-state index contributed by atoms with van der Waals surface area (Å²) in [4.78, 5) is 11.6. The van der Waals surface area contributed by atoms with Crippen LogP contribution >= 0.6 is 0 Å². The largest absolute Gasteiger partial charge is 0.385 e. The van der Waals surface area contributed by atoms with E-state index >= 15 is 0 Å². The number of hydrogen-bond acceptors (Lipinski definition) is 4. The molecule has 0 radical (unpaired) electrons. The molecule has 2 unspecified atom stereocenters. The molecule has 106 valence electrons. The van der Waals surface area contributed by atoms with Gasteiger partial charge in [0.2, 0.25) is 5.91 Å². The molecule has 5 nitrogen and oxygen atoms in total. The molecule has 1 aliphatic rings. The molecular weight excluding hydrogens is 232 g/mol. The van der Waals surface area contributed by atoms with Gasteiger partial charge in [0.05, 0.1) is 5.60 Å². The predicted octanol–water partition coefficient (Wildman–Crippen LogP) is 0.673. The van der Waals surface area contributed by atoms with E-state index in [1.165, 1.54) is 0 Å². The molecule has 0 spiro atoms. The van der Waals surface area contributed by atoms with Crippen molar-refractivity contribution in [3.63, 3.8) is 0 Å². The first kappa shape index (κ1) is 15.4. The van der Waals surface area contributed by atoms with Crippen LogP contribution in [0.3, 0.4) is 0 Å². The highest BCUT2D eigenvalue weighted by Gasteiger charge is 2.37. The summed E-state index contributed by atoms with van der Waals surface area (Å²) in [6, 6.07) is 0. The van der Waals surface area contributed by atoms with Crippen molar-refractivity contribution in [3.8, 4) is 0 Å². The van der Waals surface area contributed by atoms with E-state index in [4.69, 9.17) is 15.2 Å². The SMILES string of the molecule is COCCCNC(=O)COC1(CN)CCC(C)C1. The maximum atomic E-state index is 11.6. The zero-order valence-electron chi connectivity index (χ0n) is 11.5. The van der Waals surface area contributed by atoms with Gasteiger partial charge in [-0.1, -0.05) is 6.92 Å². The molecule has 1 aliphatic carbocycles. The second-order valence-electron chi connectivity index (χ2n) is 5.22. The zero-order valence-corrected chi connectivity index (χ0v) is 11.5. The number of carbonyl (C=O) groups excluding carboxylic acids is 1. The fourth-order valence-electron chi connectivity index (χ4n) is 2.44. The number of rotatable bonds is 8. The summed E-state index contributed by atoms with van der Waals surface area (Å²) in [7, 11) is 1.65. The van der Waals surface area contributed by atoms with Crippen LogP contribution < -0.4 is 11.1 Å². The third-order valence-electron chi connectivity index (χ3n) is 3.54. The number of carbonyl (C=O) groups is 1. The summed E-state index contributed by atoms with van der Waals surface area (Å²) in [5.74, 6) is 0.566. The summed E-state index contributed by atoms with van der Waals surface area (Å²) < 4.78 is 10.7. The highest BCUT2D eigenvalue weighted by atomic mass is 16.5. The Morgan fingerprint density at radius 1 is 1.56 bits per heavy atom. The van der Waals surface area contributed by atoms with E-state index in [0.29, 0.717) is 25.6 Å². The Morgan fingerprint density at radius 2 is 2.33 bits per heavy atom. The summed E-state index contributed by atoms with van der Waals surface area (Å²) in [6.45, 7) is 4.09. The van der Waals surface area contributed by atoms with Gasteiger partial charge < -0.3 is 20.5 Å². The van der Waals surface area contributed by atoms with Crippen molar-refractivity contribution >= 4 is 5.91 Å². The lowest BCUT2D eigenvalue weighted by atomic mass is 10.0. The number of nitrogens with two attached hydrogens (primary N) is 1. The third kappa shape index (κ3) is 4.92. The first-order valence-corrected chi connectivity index (χ1v) is 6.71. The van der Waals surface area contributed by atoms with Gasteiger partial charge in [0.25, 0.3) is 0 Å². The lowest BCUT2D eigenvalue weighted by molar-refractivity contribution is -0.132. The minimum absolute atomic E-state index is 0.0709. The van der Waals surface area contributed by atoms with Crippen molar-refractivity contribution in [3.05, 3.63) is 0 Å².